The van der Waals surface area contributed by atoms with E-state index in [4.69, 9.17) is 4.74 Å². The molecular formula is C17H28ClN3O4S. The third-order valence-corrected chi connectivity index (χ3v) is 6.30. The van der Waals surface area contributed by atoms with Gasteiger partial charge in [-0.2, -0.15) is 4.31 Å². The molecule has 1 fully saturated rings. The molecule has 0 bridgehead atoms. The number of amides is 1. The number of nitrogens with zero attached hydrogens (tertiary/aromatic N) is 1. The van der Waals surface area contributed by atoms with Crippen LogP contribution in [-0.2, 0) is 26.1 Å². The summed E-state index contributed by atoms with van der Waals surface area (Å²) in [5.41, 5.74) is 0.854. The smallest absolute Gasteiger partial charge is 0.243 e. The molecule has 1 aliphatic heterocycles. The predicted octanol–water partition coefficient (Wildman–Crippen LogP) is 1.13. The molecule has 1 atom stereocenters. The molecule has 1 aliphatic rings. The number of ether oxygens (including phenoxy) is 1. The number of hydrogen-bond acceptors (Lipinski definition) is 5. The molecule has 1 heterocycles. The van der Waals surface area contributed by atoms with E-state index in [-0.39, 0.29) is 35.3 Å². The molecule has 1 aromatic rings. The molecule has 148 valence electrons. The Balaban J connectivity index is 0.00000338. The first-order valence-electron chi connectivity index (χ1n) is 8.45. The first-order chi connectivity index (χ1) is 11.8. The number of morpholine rings is 1. The average molecular weight is 406 g/mol. The fraction of sp³-hybridized carbons (Fsp3) is 0.588. The van der Waals surface area contributed by atoms with Gasteiger partial charge >= 0.3 is 0 Å². The van der Waals surface area contributed by atoms with Crippen LogP contribution in [0.1, 0.15) is 25.8 Å². The van der Waals surface area contributed by atoms with Gasteiger partial charge < -0.3 is 15.4 Å². The minimum absolute atomic E-state index is 0. The molecule has 9 heteroatoms. The second-order valence-electron chi connectivity index (χ2n) is 6.47. The zero-order chi connectivity index (χ0) is 18.4. The van der Waals surface area contributed by atoms with Crippen LogP contribution >= 0.6 is 12.4 Å². The molecule has 0 radical (unpaired) electrons. The summed E-state index contributed by atoms with van der Waals surface area (Å²) in [6, 6.07) is 6.54. The molecule has 7 nitrogen and oxygen atoms in total. The molecule has 1 saturated heterocycles. The fourth-order valence-electron chi connectivity index (χ4n) is 2.47. The Morgan fingerprint density at radius 2 is 2.00 bits per heavy atom. The summed E-state index contributed by atoms with van der Waals surface area (Å²) in [7, 11) is -1.92. The van der Waals surface area contributed by atoms with Gasteiger partial charge in [-0.15, -0.1) is 12.4 Å². The van der Waals surface area contributed by atoms with Crippen LogP contribution < -0.4 is 10.6 Å². The maximum absolute atomic E-state index is 12.4. The van der Waals surface area contributed by atoms with Gasteiger partial charge in [0.15, 0.2) is 0 Å². The van der Waals surface area contributed by atoms with Crippen molar-refractivity contribution in [2.24, 2.45) is 0 Å². The van der Waals surface area contributed by atoms with Crippen molar-refractivity contribution in [3.63, 3.8) is 0 Å². The van der Waals surface area contributed by atoms with Crippen molar-refractivity contribution in [1.82, 2.24) is 14.9 Å². The second-order valence-corrected chi connectivity index (χ2v) is 8.46. The Labute approximate surface area is 161 Å². The number of benzene rings is 1. The number of nitrogens with one attached hydrogen (secondary N) is 2. The van der Waals surface area contributed by atoms with Crippen molar-refractivity contribution in [3.05, 3.63) is 29.8 Å². The summed E-state index contributed by atoms with van der Waals surface area (Å²) in [6.07, 6.45) is 0.367. The number of halogens is 1. The van der Waals surface area contributed by atoms with E-state index in [1.165, 1.54) is 4.31 Å². The summed E-state index contributed by atoms with van der Waals surface area (Å²) in [5, 5.41) is 6.09. The second kappa shape index (κ2) is 10.2. The number of hydrogen-bond donors (Lipinski definition) is 2. The molecule has 1 unspecified atom stereocenters. The van der Waals surface area contributed by atoms with Gasteiger partial charge in [-0.25, -0.2) is 8.42 Å². The van der Waals surface area contributed by atoms with Crippen LogP contribution in [0.2, 0.25) is 0 Å². The lowest BCUT2D eigenvalue weighted by molar-refractivity contribution is -0.122. The zero-order valence-corrected chi connectivity index (χ0v) is 17.0. The summed E-state index contributed by atoms with van der Waals surface area (Å²) in [5.74, 6) is -0.0563. The third-order valence-electron chi connectivity index (χ3n) is 4.25. The van der Waals surface area contributed by atoms with E-state index in [0.29, 0.717) is 26.2 Å². The Morgan fingerprint density at radius 3 is 2.54 bits per heavy atom. The highest BCUT2D eigenvalue weighted by Crippen LogP contribution is 2.17. The topological polar surface area (TPSA) is 87.7 Å². The van der Waals surface area contributed by atoms with Crippen LogP contribution in [0, 0.1) is 0 Å². The summed E-state index contributed by atoms with van der Waals surface area (Å²) >= 11 is 0. The predicted molar refractivity (Wildman–Crippen MR) is 103 cm³/mol. The molecule has 2 N–H and O–H groups in total. The van der Waals surface area contributed by atoms with Crippen molar-refractivity contribution in [3.8, 4) is 0 Å². The van der Waals surface area contributed by atoms with Gasteiger partial charge in [-0.05, 0) is 31.5 Å². The van der Waals surface area contributed by atoms with Gasteiger partial charge in [0, 0.05) is 38.6 Å². The van der Waals surface area contributed by atoms with E-state index in [1.54, 1.807) is 31.3 Å². The number of carbonyl (C=O) groups excluding carboxylic acids is 1. The highest BCUT2D eigenvalue weighted by molar-refractivity contribution is 7.89. The van der Waals surface area contributed by atoms with Crippen molar-refractivity contribution < 1.29 is 17.9 Å². The Kier molecular flexibility index (Phi) is 8.99. The molecular weight excluding hydrogens is 378 g/mol. The molecule has 2 rings (SSSR count). The van der Waals surface area contributed by atoms with Gasteiger partial charge in [-0.1, -0.05) is 12.1 Å². The monoisotopic (exact) mass is 405 g/mol. The maximum Gasteiger partial charge on any atom is 0.243 e. The van der Waals surface area contributed by atoms with Gasteiger partial charge in [0.05, 0.1) is 18.1 Å². The van der Waals surface area contributed by atoms with Crippen LogP contribution in [0.25, 0.3) is 0 Å². The third kappa shape index (κ3) is 6.21. The molecule has 26 heavy (non-hydrogen) atoms. The highest BCUT2D eigenvalue weighted by Gasteiger charge is 2.22. The van der Waals surface area contributed by atoms with E-state index >= 15 is 0 Å². The number of sulfonamides is 1. The van der Waals surface area contributed by atoms with Crippen LogP contribution in [0.15, 0.2) is 29.2 Å². The lowest BCUT2D eigenvalue weighted by atomic mass is 10.2. The maximum atomic E-state index is 12.4. The number of carbonyl (C=O) groups is 1. The normalized spacial score (nSPS) is 17.8. The van der Waals surface area contributed by atoms with Crippen LogP contribution in [0.3, 0.4) is 0 Å². The lowest BCUT2D eigenvalue weighted by Gasteiger charge is -2.23. The molecule has 0 spiro atoms. The van der Waals surface area contributed by atoms with Crippen molar-refractivity contribution in [1.29, 1.82) is 0 Å². The van der Waals surface area contributed by atoms with Gasteiger partial charge in [0.2, 0.25) is 15.9 Å². The Hall–Kier alpha value is -1.19. The quantitative estimate of drug-likeness (QED) is 0.710. The molecule has 1 amide bonds. The fourth-order valence-corrected chi connectivity index (χ4v) is 3.84. The SMILES string of the molecule is CC(C)N(C)S(=O)(=O)c1ccc(CNC(=O)CC2COCCN2)cc1.Cl. The molecule has 0 saturated carbocycles. The van der Waals surface area contributed by atoms with Crippen LogP contribution in [0.5, 0.6) is 0 Å². The highest BCUT2D eigenvalue weighted by atomic mass is 35.5. The minimum Gasteiger partial charge on any atom is -0.378 e. The Bertz CT molecular complexity index is 674. The molecule has 0 aliphatic carbocycles. The minimum atomic E-state index is -3.48. The first-order valence-corrected chi connectivity index (χ1v) is 9.89. The van der Waals surface area contributed by atoms with E-state index in [2.05, 4.69) is 10.6 Å². The molecule has 1 aromatic carbocycles. The van der Waals surface area contributed by atoms with E-state index in [0.717, 1.165) is 12.1 Å². The summed E-state index contributed by atoms with van der Waals surface area (Å²) in [4.78, 5) is 12.2. The van der Waals surface area contributed by atoms with Crippen LogP contribution in [-0.4, -0.2) is 57.5 Å². The van der Waals surface area contributed by atoms with Crippen molar-refractivity contribution in [2.45, 2.75) is 43.8 Å². The van der Waals surface area contributed by atoms with Crippen molar-refractivity contribution >= 4 is 28.3 Å². The van der Waals surface area contributed by atoms with Crippen molar-refractivity contribution in [2.75, 3.05) is 26.8 Å². The van der Waals surface area contributed by atoms with E-state index in [1.807, 2.05) is 13.8 Å². The summed E-state index contributed by atoms with van der Waals surface area (Å²) < 4.78 is 31.5. The number of rotatable bonds is 7. The van der Waals surface area contributed by atoms with Gasteiger partial charge in [-0.3, -0.25) is 4.79 Å². The van der Waals surface area contributed by atoms with Crippen LogP contribution in [0.4, 0.5) is 0 Å². The standard InChI is InChI=1S/C17H27N3O4S.ClH/c1-13(2)20(3)25(22,23)16-6-4-14(5-7-16)11-19-17(21)10-15-12-24-9-8-18-15;/h4-7,13,15,18H,8-12H2,1-3H3,(H,19,21);1H. The van der Waals surface area contributed by atoms with Gasteiger partial charge in [0.25, 0.3) is 0 Å². The Morgan fingerprint density at radius 1 is 1.35 bits per heavy atom. The average Bonchev–Trinajstić information content (AvgIpc) is 2.60. The summed E-state index contributed by atoms with van der Waals surface area (Å²) in [6.45, 7) is 6.01. The van der Waals surface area contributed by atoms with Gasteiger partial charge in [0.1, 0.15) is 0 Å². The molecule has 0 aromatic heterocycles. The largest absolute Gasteiger partial charge is 0.378 e. The van der Waals surface area contributed by atoms with E-state index < -0.39 is 10.0 Å². The lowest BCUT2D eigenvalue weighted by Crippen LogP contribution is -2.44. The zero-order valence-electron chi connectivity index (χ0n) is 15.4. The first kappa shape index (κ1) is 22.9. The van der Waals surface area contributed by atoms with E-state index in [9.17, 15) is 13.2 Å².